The highest BCUT2D eigenvalue weighted by Gasteiger charge is 2.85. The summed E-state index contributed by atoms with van der Waals surface area (Å²) < 4.78 is 147. The van der Waals surface area contributed by atoms with Gasteiger partial charge < -0.3 is 4.74 Å². The van der Waals surface area contributed by atoms with E-state index in [0.717, 1.165) is 12.1 Å². The van der Waals surface area contributed by atoms with Crippen molar-refractivity contribution in [1.82, 2.24) is 0 Å². The number of hydrogen-bond acceptors (Lipinski definition) is 4. The fraction of sp³-hybridized carbons (Fsp3) is 0.222. The average molecular weight is 625 g/mol. The summed E-state index contributed by atoms with van der Waals surface area (Å²) in [5.41, 5.74) is -0.598. The Bertz CT molecular complexity index is 1560. The van der Waals surface area contributed by atoms with Gasteiger partial charge in [0.15, 0.2) is 6.10 Å². The number of benzene rings is 3. The van der Waals surface area contributed by atoms with E-state index in [1.165, 1.54) is 78.9 Å². The van der Waals surface area contributed by atoms with Crippen molar-refractivity contribution < 1.29 is 53.1 Å². The third-order valence-corrected chi connectivity index (χ3v) is 8.50. The molecular weight excluding hydrogens is 608 g/mol. The van der Waals surface area contributed by atoms with Gasteiger partial charge in [0, 0.05) is 11.1 Å². The van der Waals surface area contributed by atoms with Gasteiger partial charge in [-0.15, -0.1) is 0 Å². The van der Waals surface area contributed by atoms with Crippen LogP contribution in [0, 0.1) is 0 Å². The van der Waals surface area contributed by atoms with Gasteiger partial charge in [-0.2, -0.15) is 35.1 Å². The summed E-state index contributed by atoms with van der Waals surface area (Å²) in [4.78, 5) is 11.8. The Kier molecular flexibility index (Phi) is 7.76. The molecular formula is C27H17ClF8O4S. The largest absolute Gasteiger partial charge is 0.480 e. The molecule has 14 heteroatoms. The summed E-state index contributed by atoms with van der Waals surface area (Å²) in [5.74, 6) is -18.3. The predicted molar refractivity (Wildman–Crippen MR) is 133 cm³/mol. The standard InChI is InChI=1S/C27H17ClF8O4S/c28-26(33,34)24(29,30)25(31,32)27(35,36)41(38,39)23-19(16-10-4-1-5-11-16)22(20(37)17-12-6-2-7-13-17)40-21(23)18-14-8-3-9-15-18/h1-15,19,22H/t19-,22+/m0/s1. The molecule has 4 rings (SSSR count). The molecule has 0 amide bonds. The van der Waals surface area contributed by atoms with E-state index in [4.69, 9.17) is 4.74 Å². The summed E-state index contributed by atoms with van der Waals surface area (Å²) in [7, 11) is -7.04. The number of Topliss-reactive ketones (excluding diaryl/α,β-unsaturated/α-hetero) is 1. The Morgan fingerprint density at radius 3 is 1.66 bits per heavy atom. The van der Waals surface area contributed by atoms with Gasteiger partial charge in [-0.05, 0) is 17.2 Å². The summed E-state index contributed by atoms with van der Waals surface area (Å²) in [6.45, 7) is 0. The van der Waals surface area contributed by atoms with Crippen LogP contribution in [-0.2, 0) is 14.6 Å². The van der Waals surface area contributed by atoms with Gasteiger partial charge >= 0.3 is 22.5 Å². The Morgan fingerprint density at radius 1 is 0.707 bits per heavy atom. The molecule has 1 heterocycles. The summed E-state index contributed by atoms with van der Waals surface area (Å²) in [5, 5.41) is -13.2. The van der Waals surface area contributed by atoms with E-state index in [1.54, 1.807) is 0 Å². The summed E-state index contributed by atoms with van der Waals surface area (Å²) in [6.07, 6.45) is -1.97. The molecule has 0 N–H and O–H groups in total. The number of sulfone groups is 1. The van der Waals surface area contributed by atoms with Crippen LogP contribution in [0.15, 0.2) is 95.9 Å². The van der Waals surface area contributed by atoms with Crippen molar-refractivity contribution in [2.75, 3.05) is 0 Å². The van der Waals surface area contributed by atoms with Crippen LogP contribution >= 0.6 is 11.6 Å². The van der Waals surface area contributed by atoms with Crippen LogP contribution in [0.25, 0.3) is 5.76 Å². The molecule has 0 bridgehead atoms. The zero-order valence-electron chi connectivity index (χ0n) is 20.3. The molecule has 3 aromatic carbocycles. The van der Waals surface area contributed by atoms with Crippen molar-refractivity contribution >= 4 is 33.0 Å². The maximum Gasteiger partial charge on any atom is 0.417 e. The molecule has 0 radical (unpaired) electrons. The molecule has 218 valence electrons. The summed E-state index contributed by atoms with van der Waals surface area (Å²) >= 11 is 4.03. The third kappa shape index (κ3) is 4.88. The van der Waals surface area contributed by atoms with Crippen LogP contribution in [0.5, 0.6) is 0 Å². The van der Waals surface area contributed by atoms with Crippen LogP contribution in [-0.4, -0.2) is 42.8 Å². The number of hydrogen-bond donors (Lipinski definition) is 0. The molecule has 0 spiro atoms. The van der Waals surface area contributed by atoms with E-state index in [0.29, 0.717) is 0 Å². The van der Waals surface area contributed by atoms with Crippen molar-refractivity contribution in [1.29, 1.82) is 0 Å². The van der Waals surface area contributed by atoms with Crippen LogP contribution in [0.2, 0.25) is 0 Å². The molecule has 1 aliphatic rings. The highest BCUT2D eigenvalue weighted by molar-refractivity contribution is 7.96. The van der Waals surface area contributed by atoms with E-state index < -0.39 is 60.8 Å². The van der Waals surface area contributed by atoms with Gasteiger partial charge in [0.1, 0.15) is 10.7 Å². The maximum absolute atomic E-state index is 15.3. The van der Waals surface area contributed by atoms with E-state index >= 15 is 8.78 Å². The molecule has 2 atom stereocenters. The molecule has 1 aliphatic heterocycles. The molecule has 3 aromatic rings. The molecule has 0 saturated heterocycles. The van der Waals surface area contributed by atoms with Crippen molar-refractivity contribution in [3.63, 3.8) is 0 Å². The lowest BCUT2D eigenvalue weighted by Gasteiger charge is -2.34. The zero-order chi connectivity index (χ0) is 30.4. The topological polar surface area (TPSA) is 60.4 Å². The SMILES string of the molecule is O=C(c1ccccc1)[C@@H]1OC(c2ccccc2)=C(S(=O)(=O)C(F)(F)C(F)(F)C(F)(F)C(F)(F)Cl)[C@H]1c1ccccc1. The second-order valence-corrected chi connectivity index (χ2v) is 11.3. The van der Waals surface area contributed by atoms with Gasteiger partial charge in [-0.1, -0.05) is 91.0 Å². The van der Waals surface area contributed by atoms with E-state index in [1.807, 2.05) is 0 Å². The van der Waals surface area contributed by atoms with Crippen LogP contribution < -0.4 is 0 Å². The Balaban J connectivity index is 2.02. The number of alkyl halides is 9. The number of ether oxygens (including phenoxy) is 1. The first-order chi connectivity index (χ1) is 19.0. The average Bonchev–Trinajstić information content (AvgIpc) is 3.35. The lowest BCUT2D eigenvalue weighted by atomic mass is 9.89. The molecule has 4 nitrogen and oxygen atoms in total. The predicted octanol–water partition coefficient (Wildman–Crippen LogP) is 7.53. The Hall–Kier alpha value is -3.45. The Labute approximate surface area is 233 Å². The van der Waals surface area contributed by atoms with Crippen molar-refractivity contribution in [2.45, 2.75) is 34.5 Å². The number of ketones is 1. The fourth-order valence-corrected chi connectivity index (χ4v) is 6.11. The minimum absolute atomic E-state index is 0.0881. The van der Waals surface area contributed by atoms with Gasteiger partial charge in [-0.3, -0.25) is 4.79 Å². The van der Waals surface area contributed by atoms with Crippen molar-refractivity contribution in [3.05, 3.63) is 113 Å². The first-order valence-corrected chi connectivity index (χ1v) is 13.4. The summed E-state index contributed by atoms with van der Waals surface area (Å²) in [6, 6.07) is 19.6. The molecule has 41 heavy (non-hydrogen) atoms. The fourth-order valence-electron chi connectivity index (χ4n) is 4.25. The minimum atomic E-state index is -7.23. The van der Waals surface area contributed by atoms with Crippen molar-refractivity contribution in [3.8, 4) is 0 Å². The van der Waals surface area contributed by atoms with Gasteiger partial charge in [0.25, 0.3) is 9.84 Å². The molecule has 0 aliphatic carbocycles. The molecule has 0 fully saturated rings. The smallest absolute Gasteiger partial charge is 0.417 e. The monoisotopic (exact) mass is 624 g/mol. The first kappa shape index (κ1) is 30.5. The maximum atomic E-state index is 15.3. The molecule has 0 unspecified atom stereocenters. The number of carbonyl (C=O) groups excluding carboxylic acids is 1. The van der Waals surface area contributed by atoms with Gasteiger partial charge in [0.05, 0.1) is 5.92 Å². The second kappa shape index (κ2) is 10.4. The van der Waals surface area contributed by atoms with Crippen LogP contribution in [0.1, 0.15) is 27.4 Å². The lowest BCUT2D eigenvalue weighted by molar-refractivity contribution is -0.326. The van der Waals surface area contributed by atoms with Gasteiger partial charge in [0.2, 0.25) is 5.78 Å². The number of rotatable bonds is 9. The molecule has 0 saturated carbocycles. The van der Waals surface area contributed by atoms with Crippen LogP contribution in [0.3, 0.4) is 0 Å². The first-order valence-electron chi connectivity index (χ1n) is 11.5. The van der Waals surface area contributed by atoms with E-state index in [9.17, 15) is 39.6 Å². The number of carbonyl (C=O) groups is 1. The minimum Gasteiger partial charge on any atom is -0.480 e. The zero-order valence-corrected chi connectivity index (χ0v) is 21.8. The van der Waals surface area contributed by atoms with Gasteiger partial charge in [-0.25, -0.2) is 8.42 Å². The molecule has 0 aromatic heterocycles. The normalized spacial score (nSPS) is 18.8. The highest BCUT2D eigenvalue weighted by atomic mass is 35.5. The van der Waals surface area contributed by atoms with Crippen molar-refractivity contribution in [2.24, 2.45) is 0 Å². The Morgan fingerprint density at radius 2 is 1.17 bits per heavy atom. The van der Waals surface area contributed by atoms with Crippen LogP contribution in [0.4, 0.5) is 35.1 Å². The quantitative estimate of drug-likeness (QED) is 0.140. The lowest BCUT2D eigenvalue weighted by Crippen LogP contribution is -2.63. The van der Waals surface area contributed by atoms with E-state index in [-0.39, 0.29) is 16.7 Å². The highest BCUT2D eigenvalue weighted by Crippen LogP contribution is 2.59. The third-order valence-electron chi connectivity index (χ3n) is 6.31. The van der Waals surface area contributed by atoms with E-state index in [2.05, 4.69) is 11.6 Å². The number of halogens is 9. The second-order valence-electron chi connectivity index (χ2n) is 8.88.